The third-order valence-corrected chi connectivity index (χ3v) is 2.48. The first kappa shape index (κ1) is 25.9. The second-order valence-electron chi connectivity index (χ2n) is 4.92. The first-order valence-electron chi connectivity index (χ1n) is 6.33. The molecule has 0 nitrogen and oxygen atoms in total. The molecule has 0 radical (unpaired) electrons. The van der Waals surface area contributed by atoms with Crippen molar-refractivity contribution < 1.29 is 46.4 Å². The Balaban J connectivity index is -0.000000215. The summed E-state index contributed by atoms with van der Waals surface area (Å²) in [7, 11) is -0.243. The van der Waals surface area contributed by atoms with Gasteiger partial charge in [-0.2, -0.15) is 11.6 Å². The number of halogens is 2. The van der Waals surface area contributed by atoms with Crippen LogP contribution in [0.3, 0.4) is 0 Å². The Labute approximate surface area is 154 Å². The number of hydrogen-bond acceptors (Lipinski definition) is 0. The van der Waals surface area contributed by atoms with E-state index in [1.807, 2.05) is 0 Å². The SMILES string of the molecule is CC1=[C-]CC(C)=C1.CC1=[C-]CC=C1C.[CH3][Ge]([CH3])=[Zr+2].[Cl-].[Cl-]. The second kappa shape index (κ2) is 14.9. The molecule has 0 atom stereocenters. The van der Waals surface area contributed by atoms with Crippen LogP contribution < -0.4 is 24.8 Å². The molecular formula is C16H24Cl2GeZr-2. The third kappa shape index (κ3) is 15.4. The Morgan fingerprint density at radius 2 is 1.55 bits per heavy atom. The Hall–Kier alpha value is 0.966. The molecule has 0 N–H and O–H groups in total. The fourth-order valence-corrected chi connectivity index (χ4v) is 1.40. The van der Waals surface area contributed by atoms with Gasteiger partial charge < -0.3 is 24.8 Å². The monoisotopic (exact) mass is 450 g/mol. The van der Waals surface area contributed by atoms with E-state index in [0.717, 1.165) is 12.8 Å². The molecule has 0 saturated heterocycles. The van der Waals surface area contributed by atoms with Crippen molar-refractivity contribution in [2.75, 3.05) is 0 Å². The summed E-state index contributed by atoms with van der Waals surface area (Å²) >= 11 is 1.80. The molecule has 112 valence electrons. The summed E-state index contributed by atoms with van der Waals surface area (Å²) in [6.45, 7) is 8.42. The van der Waals surface area contributed by atoms with Crippen molar-refractivity contribution in [1.29, 1.82) is 0 Å². The van der Waals surface area contributed by atoms with Crippen molar-refractivity contribution in [2.24, 2.45) is 0 Å². The van der Waals surface area contributed by atoms with Crippen LogP contribution in [0.5, 0.6) is 0 Å². The molecule has 0 bridgehead atoms. The Morgan fingerprint density at radius 1 is 1.05 bits per heavy atom. The first-order chi connectivity index (χ1) is 8.32. The standard InChI is InChI=1S/2C7H9.C2H6Ge.2ClH.Zr/c1-6-3-4-7(2)5-6;1-6-4-3-5-7(6)2;1-3-2;;;/h5H,3H2,1-2H3;4H,3H2,1-2H3;1-2H3;2*1H;/q2*-1;;;;+2/p-2. The molecule has 0 unspecified atom stereocenters. The van der Waals surface area contributed by atoms with E-state index in [4.69, 9.17) is 0 Å². The van der Waals surface area contributed by atoms with Gasteiger partial charge in [0.2, 0.25) is 0 Å². The minimum Gasteiger partial charge on any atom is -1.00 e. The number of allylic oxidation sites excluding steroid dienone is 8. The molecule has 20 heavy (non-hydrogen) atoms. The molecule has 2 rings (SSSR count). The smallest absolute Gasteiger partial charge is 1.00 e. The molecule has 0 fully saturated rings. The van der Waals surface area contributed by atoms with Crippen molar-refractivity contribution in [3.05, 3.63) is 46.6 Å². The van der Waals surface area contributed by atoms with E-state index in [1.165, 1.54) is 22.3 Å². The Kier molecular flexibility index (Phi) is 19.3. The van der Waals surface area contributed by atoms with E-state index in [2.05, 4.69) is 63.5 Å². The summed E-state index contributed by atoms with van der Waals surface area (Å²) in [5.41, 5.74) is 5.43. The molecule has 2 aliphatic carbocycles. The normalized spacial score (nSPS) is 14.8. The molecular weight excluding hydrogens is 427 g/mol. The van der Waals surface area contributed by atoms with Crippen LogP contribution in [0, 0.1) is 12.2 Å². The topological polar surface area (TPSA) is 0 Å². The summed E-state index contributed by atoms with van der Waals surface area (Å²) in [6, 6.07) is 0. The van der Waals surface area contributed by atoms with E-state index in [0.29, 0.717) is 0 Å². The van der Waals surface area contributed by atoms with Gasteiger partial charge in [-0.1, -0.05) is 20.8 Å². The zero-order valence-electron chi connectivity index (χ0n) is 13.3. The predicted molar refractivity (Wildman–Crippen MR) is 79.1 cm³/mol. The van der Waals surface area contributed by atoms with Crippen LogP contribution in [0.25, 0.3) is 0 Å². The van der Waals surface area contributed by atoms with Crippen LogP contribution in [0.2, 0.25) is 11.5 Å². The van der Waals surface area contributed by atoms with Crippen molar-refractivity contribution in [1.82, 2.24) is 0 Å². The minimum absolute atomic E-state index is 0. The molecule has 0 amide bonds. The van der Waals surface area contributed by atoms with Gasteiger partial charge in [-0.25, -0.2) is 22.8 Å². The molecule has 0 heterocycles. The maximum absolute atomic E-state index is 3.19. The van der Waals surface area contributed by atoms with Gasteiger partial charge in [0.05, 0.1) is 0 Å². The fourth-order valence-electron chi connectivity index (χ4n) is 1.40. The molecule has 0 aliphatic heterocycles. The van der Waals surface area contributed by atoms with Crippen molar-refractivity contribution in [2.45, 2.75) is 52.0 Å². The van der Waals surface area contributed by atoms with Gasteiger partial charge in [0, 0.05) is 0 Å². The van der Waals surface area contributed by atoms with Gasteiger partial charge in [0.25, 0.3) is 0 Å². The summed E-state index contributed by atoms with van der Waals surface area (Å²) in [4.78, 5) is 0. The van der Waals surface area contributed by atoms with Gasteiger partial charge >= 0.3 is 43.1 Å². The maximum atomic E-state index is 3.19. The molecule has 0 aromatic carbocycles. The largest absolute Gasteiger partial charge is 1.00 e. The van der Waals surface area contributed by atoms with E-state index in [9.17, 15) is 0 Å². The van der Waals surface area contributed by atoms with Gasteiger partial charge in [0.1, 0.15) is 0 Å². The second-order valence-corrected chi connectivity index (χ2v) is 21.9. The van der Waals surface area contributed by atoms with Crippen LogP contribution in [-0.4, -0.2) is 9.98 Å². The maximum Gasteiger partial charge on any atom is -1.00 e. The Bertz CT molecular complexity index is 398. The average molecular weight is 451 g/mol. The van der Waals surface area contributed by atoms with Crippen LogP contribution in [0.1, 0.15) is 40.5 Å². The van der Waals surface area contributed by atoms with Crippen LogP contribution in [-0.2, 0) is 21.6 Å². The van der Waals surface area contributed by atoms with Crippen LogP contribution in [0.4, 0.5) is 0 Å². The molecule has 0 saturated carbocycles. The predicted octanol–water partition coefficient (Wildman–Crippen LogP) is -1.04. The van der Waals surface area contributed by atoms with Gasteiger partial charge in [0.15, 0.2) is 0 Å². The molecule has 4 heteroatoms. The van der Waals surface area contributed by atoms with Gasteiger partial charge in [-0.3, -0.25) is 12.2 Å². The summed E-state index contributed by atoms with van der Waals surface area (Å²) in [6.07, 6.45) is 12.8. The zero-order valence-corrected chi connectivity index (χ0v) is 19.4. The quantitative estimate of drug-likeness (QED) is 0.327. The van der Waals surface area contributed by atoms with Crippen molar-refractivity contribution in [3.8, 4) is 0 Å². The molecule has 0 aromatic rings. The fraction of sp³-hybridized carbons (Fsp3) is 0.500. The minimum atomic E-state index is -0.243. The van der Waals surface area contributed by atoms with Crippen LogP contribution >= 0.6 is 0 Å². The van der Waals surface area contributed by atoms with E-state index >= 15 is 0 Å². The first-order valence-corrected chi connectivity index (χ1v) is 18.0. The van der Waals surface area contributed by atoms with Crippen LogP contribution in [0.15, 0.2) is 34.4 Å². The molecule has 2 aliphatic rings. The average Bonchev–Trinajstić information content (AvgIpc) is 2.77. The summed E-state index contributed by atoms with van der Waals surface area (Å²) in [5, 5.41) is 0. The van der Waals surface area contributed by atoms with Crippen molar-refractivity contribution in [3.63, 3.8) is 0 Å². The number of hydrogen-bond donors (Lipinski definition) is 0. The van der Waals surface area contributed by atoms with Gasteiger partial charge in [-0.15, -0.1) is 19.8 Å². The zero-order chi connectivity index (χ0) is 14.1. The molecule has 0 spiro atoms. The van der Waals surface area contributed by atoms with Crippen molar-refractivity contribution >= 4 is 9.98 Å². The van der Waals surface area contributed by atoms with E-state index in [1.54, 1.807) is 21.6 Å². The Morgan fingerprint density at radius 3 is 1.65 bits per heavy atom. The van der Waals surface area contributed by atoms with E-state index < -0.39 is 0 Å². The van der Waals surface area contributed by atoms with Gasteiger partial charge in [-0.05, 0) is 0 Å². The molecule has 0 aromatic heterocycles. The summed E-state index contributed by atoms with van der Waals surface area (Å²) in [5.74, 6) is 4.75. The third-order valence-electron chi connectivity index (χ3n) is 2.48. The van der Waals surface area contributed by atoms with E-state index in [-0.39, 0.29) is 34.8 Å². The number of rotatable bonds is 0. The summed E-state index contributed by atoms with van der Waals surface area (Å²) < 4.78 is 0.